The van der Waals surface area contributed by atoms with Crippen molar-refractivity contribution in [3.05, 3.63) is 120 Å². The molecule has 1 amide bonds. The van der Waals surface area contributed by atoms with Gasteiger partial charge in [0.2, 0.25) is 12.1 Å². The highest BCUT2D eigenvalue weighted by molar-refractivity contribution is 14.1. The first-order valence-electron chi connectivity index (χ1n) is 11.2. The molecule has 2 aliphatic rings. The van der Waals surface area contributed by atoms with Crippen LogP contribution in [0.5, 0.6) is 0 Å². The number of fused-ring (bicyclic) bond motifs is 1. The molecule has 0 saturated carbocycles. The predicted octanol–water partition coefficient (Wildman–Crippen LogP) is 4.69. The van der Waals surface area contributed by atoms with Crippen LogP contribution < -0.4 is 0 Å². The number of hydrogen-bond donors (Lipinski definition) is 0. The van der Waals surface area contributed by atoms with Gasteiger partial charge in [-0.25, -0.2) is 9.79 Å². The van der Waals surface area contributed by atoms with Crippen molar-refractivity contribution in [2.75, 3.05) is 4.43 Å². The highest BCUT2D eigenvalue weighted by atomic mass is 127. The number of halogens is 1. The molecule has 1 fully saturated rings. The topological polar surface area (TPSA) is 68.2 Å². The monoisotopic (exact) mass is 578 g/mol. The van der Waals surface area contributed by atoms with Crippen molar-refractivity contribution in [3.63, 3.8) is 0 Å². The molecule has 0 bridgehead atoms. The summed E-state index contributed by atoms with van der Waals surface area (Å²) in [6.07, 6.45) is -1.29. The van der Waals surface area contributed by atoms with Crippen molar-refractivity contribution in [3.8, 4) is 0 Å². The van der Waals surface area contributed by atoms with E-state index in [1.165, 1.54) is 4.90 Å². The van der Waals surface area contributed by atoms with E-state index in [1.807, 2.05) is 91.0 Å². The van der Waals surface area contributed by atoms with E-state index in [0.29, 0.717) is 15.9 Å². The third-order valence-electron chi connectivity index (χ3n) is 6.06. The summed E-state index contributed by atoms with van der Waals surface area (Å²) >= 11 is 2.14. The fourth-order valence-electron chi connectivity index (χ4n) is 4.29. The van der Waals surface area contributed by atoms with Gasteiger partial charge in [-0.2, -0.15) is 0 Å². The highest BCUT2D eigenvalue weighted by Crippen LogP contribution is 2.36. The number of carbonyl (C=O) groups is 2. The summed E-state index contributed by atoms with van der Waals surface area (Å²) in [5.41, 5.74) is 3.03. The van der Waals surface area contributed by atoms with Crippen LogP contribution >= 0.6 is 22.6 Å². The minimum Gasteiger partial charge on any atom is -0.451 e. The number of hydrogen-bond acceptors (Lipinski definition) is 5. The Morgan fingerprint density at radius 3 is 2.06 bits per heavy atom. The van der Waals surface area contributed by atoms with Crippen LogP contribution in [0.1, 0.15) is 22.8 Å². The molecule has 2 unspecified atom stereocenters. The SMILES string of the molecule is C=C(CI)[C@H](C(=O)OC(c1ccccc1)c1ccccc1)N1C(=O)C2N=C(c3ccccc3)OC21. The van der Waals surface area contributed by atoms with E-state index in [1.54, 1.807) is 0 Å². The van der Waals surface area contributed by atoms with Crippen molar-refractivity contribution in [1.29, 1.82) is 0 Å². The Morgan fingerprint density at radius 1 is 0.971 bits per heavy atom. The van der Waals surface area contributed by atoms with Gasteiger partial charge in [0.1, 0.15) is 0 Å². The number of carbonyl (C=O) groups excluding carboxylic acids is 2. The van der Waals surface area contributed by atoms with Gasteiger partial charge in [-0.3, -0.25) is 9.69 Å². The molecule has 7 heteroatoms. The normalized spacial score (nSPS) is 19.3. The zero-order valence-corrected chi connectivity index (χ0v) is 20.9. The number of benzene rings is 3. The Bertz CT molecular complexity index is 1220. The second kappa shape index (κ2) is 10.0. The number of likely N-dealkylation sites (tertiary alicyclic amines) is 1. The van der Waals surface area contributed by atoms with E-state index in [0.717, 1.165) is 16.7 Å². The Balaban J connectivity index is 1.41. The van der Waals surface area contributed by atoms with E-state index in [-0.39, 0.29) is 5.91 Å². The van der Waals surface area contributed by atoms with Crippen LogP contribution in [0.15, 0.2) is 108 Å². The maximum absolute atomic E-state index is 13.6. The average molecular weight is 578 g/mol. The van der Waals surface area contributed by atoms with Crippen molar-refractivity contribution in [1.82, 2.24) is 4.90 Å². The first-order chi connectivity index (χ1) is 17.1. The fraction of sp³-hybridized carbons (Fsp3) is 0.179. The molecule has 1 saturated heterocycles. The number of rotatable bonds is 8. The Morgan fingerprint density at radius 2 is 1.51 bits per heavy atom. The Hall–Kier alpha value is -3.46. The van der Waals surface area contributed by atoms with Gasteiger partial charge in [0.15, 0.2) is 18.2 Å². The molecule has 3 aromatic carbocycles. The van der Waals surface area contributed by atoms with Gasteiger partial charge in [0.05, 0.1) is 0 Å². The van der Waals surface area contributed by atoms with E-state index >= 15 is 0 Å². The molecule has 5 rings (SSSR count). The van der Waals surface area contributed by atoms with Gasteiger partial charge in [-0.15, -0.1) is 0 Å². The second-order valence-corrected chi connectivity index (χ2v) is 9.09. The van der Waals surface area contributed by atoms with Crippen molar-refractivity contribution < 1.29 is 19.1 Å². The number of amides is 1. The molecule has 3 aromatic rings. The number of nitrogens with zero attached hydrogens (tertiary/aromatic N) is 2. The Kier molecular flexibility index (Phi) is 6.68. The fourth-order valence-corrected chi connectivity index (χ4v) is 4.71. The van der Waals surface area contributed by atoms with E-state index < -0.39 is 30.4 Å². The number of ether oxygens (including phenoxy) is 2. The zero-order valence-electron chi connectivity index (χ0n) is 18.8. The number of β-lactam (4-membered cyclic amide) rings is 1. The number of esters is 1. The van der Waals surface area contributed by atoms with Crippen LogP contribution in [-0.4, -0.2) is 45.4 Å². The molecule has 0 N–H and O–H groups in total. The zero-order chi connectivity index (χ0) is 24.4. The summed E-state index contributed by atoms with van der Waals surface area (Å²) in [5, 5.41) is 0. The standard InChI is InChI=1S/C28H23IN2O4/c1-18(17-29)23(31-26(32)22-27(31)35-25(30-22)21-15-9-4-10-16-21)28(33)34-24(19-11-5-2-6-12-19)20-13-7-3-8-14-20/h2-16,22-24,27H,1,17H2/t22?,23-,27?/m1/s1. The molecular formula is C28H23IN2O4. The van der Waals surface area contributed by atoms with Gasteiger partial charge in [-0.1, -0.05) is 108 Å². The molecule has 0 aliphatic carbocycles. The first-order valence-corrected chi connectivity index (χ1v) is 12.8. The first kappa shape index (κ1) is 23.3. The van der Waals surface area contributed by atoms with Gasteiger partial charge in [0.25, 0.3) is 5.91 Å². The quantitative estimate of drug-likeness (QED) is 0.128. The van der Waals surface area contributed by atoms with Crippen LogP contribution in [0.25, 0.3) is 0 Å². The van der Waals surface area contributed by atoms with Gasteiger partial charge < -0.3 is 9.47 Å². The van der Waals surface area contributed by atoms with Crippen LogP contribution in [0.2, 0.25) is 0 Å². The van der Waals surface area contributed by atoms with Crippen molar-refractivity contribution >= 4 is 40.4 Å². The minimum atomic E-state index is -0.971. The van der Waals surface area contributed by atoms with E-state index in [2.05, 4.69) is 34.2 Å². The molecule has 176 valence electrons. The lowest BCUT2D eigenvalue weighted by Crippen LogP contribution is -2.68. The predicted molar refractivity (Wildman–Crippen MR) is 141 cm³/mol. The third kappa shape index (κ3) is 4.48. The van der Waals surface area contributed by atoms with E-state index in [9.17, 15) is 9.59 Å². The molecule has 2 aliphatic heterocycles. The third-order valence-corrected chi connectivity index (χ3v) is 7.04. The Labute approximate surface area is 217 Å². The van der Waals surface area contributed by atoms with E-state index in [4.69, 9.17) is 9.47 Å². The molecule has 3 atom stereocenters. The second-order valence-electron chi connectivity index (χ2n) is 8.33. The van der Waals surface area contributed by atoms with Crippen LogP contribution in [-0.2, 0) is 19.1 Å². The number of aliphatic imine (C=N–C) groups is 1. The average Bonchev–Trinajstić information content (AvgIpc) is 3.31. The summed E-state index contributed by atoms with van der Waals surface area (Å²) in [4.78, 5) is 32.6. The highest BCUT2D eigenvalue weighted by Gasteiger charge is 2.58. The summed E-state index contributed by atoms with van der Waals surface area (Å²) in [5.74, 6) is -0.423. The van der Waals surface area contributed by atoms with Gasteiger partial charge in [0, 0.05) is 9.99 Å². The van der Waals surface area contributed by atoms with Crippen molar-refractivity contribution in [2.45, 2.75) is 24.4 Å². The molecule has 0 spiro atoms. The molecule has 6 nitrogen and oxygen atoms in total. The molecule has 2 heterocycles. The molecule has 0 aromatic heterocycles. The smallest absolute Gasteiger partial charge is 0.334 e. The van der Waals surface area contributed by atoms with Crippen molar-refractivity contribution in [2.24, 2.45) is 4.99 Å². The molecular weight excluding hydrogens is 555 g/mol. The lowest BCUT2D eigenvalue weighted by atomic mass is 9.97. The summed E-state index contributed by atoms with van der Waals surface area (Å²) < 4.78 is 12.6. The maximum atomic E-state index is 13.6. The summed E-state index contributed by atoms with van der Waals surface area (Å²) in [7, 11) is 0. The lowest BCUT2D eigenvalue weighted by molar-refractivity contribution is -0.178. The minimum absolute atomic E-state index is 0.273. The maximum Gasteiger partial charge on any atom is 0.334 e. The molecule has 35 heavy (non-hydrogen) atoms. The van der Waals surface area contributed by atoms with Crippen LogP contribution in [0.4, 0.5) is 0 Å². The number of alkyl halides is 1. The van der Waals surface area contributed by atoms with Gasteiger partial charge in [-0.05, 0) is 28.8 Å². The lowest BCUT2D eigenvalue weighted by Gasteiger charge is -2.44. The largest absolute Gasteiger partial charge is 0.451 e. The molecule has 0 radical (unpaired) electrons. The van der Waals surface area contributed by atoms with Crippen LogP contribution in [0, 0.1) is 0 Å². The summed E-state index contributed by atoms with van der Waals surface area (Å²) in [6, 6.07) is 26.9. The van der Waals surface area contributed by atoms with Gasteiger partial charge >= 0.3 is 5.97 Å². The van der Waals surface area contributed by atoms with Crippen LogP contribution in [0.3, 0.4) is 0 Å². The summed E-state index contributed by atoms with van der Waals surface area (Å²) in [6.45, 7) is 4.08.